The van der Waals surface area contributed by atoms with Gasteiger partial charge in [0, 0.05) is 11.5 Å². The van der Waals surface area contributed by atoms with Gasteiger partial charge in [-0.1, -0.05) is 12.7 Å². The standard InChI is InChI=1S/C15H24O4S/c1-4-9-20-11-12(2)14(17)18-10-13(16)19-15(3)7-5-6-8-15/h4,14,17H,1-2,5-11H2,3H3. The van der Waals surface area contributed by atoms with Crippen LogP contribution >= 0.6 is 11.8 Å². The summed E-state index contributed by atoms with van der Waals surface area (Å²) in [7, 11) is 0. The van der Waals surface area contributed by atoms with E-state index in [2.05, 4.69) is 13.2 Å². The van der Waals surface area contributed by atoms with Crippen LogP contribution in [0.15, 0.2) is 24.8 Å². The molecule has 0 saturated heterocycles. The van der Waals surface area contributed by atoms with Gasteiger partial charge in [-0.25, -0.2) is 4.79 Å². The number of ether oxygens (including phenoxy) is 2. The van der Waals surface area contributed by atoms with Crippen LogP contribution in [0.25, 0.3) is 0 Å². The molecule has 0 aromatic rings. The van der Waals surface area contributed by atoms with E-state index in [4.69, 9.17) is 9.47 Å². The van der Waals surface area contributed by atoms with Crippen LogP contribution in [-0.2, 0) is 14.3 Å². The Labute approximate surface area is 125 Å². The summed E-state index contributed by atoms with van der Waals surface area (Å²) in [6.45, 7) is 9.05. The number of thioether (sulfide) groups is 1. The zero-order valence-corrected chi connectivity index (χ0v) is 12.9. The molecule has 0 heterocycles. The Morgan fingerprint density at radius 3 is 2.75 bits per heavy atom. The molecule has 20 heavy (non-hydrogen) atoms. The van der Waals surface area contributed by atoms with Crippen molar-refractivity contribution >= 4 is 17.7 Å². The van der Waals surface area contributed by atoms with E-state index in [1.807, 2.05) is 6.92 Å². The van der Waals surface area contributed by atoms with Gasteiger partial charge < -0.3 is 14.6 Å². The van der Waals surface area contributed by atoms with Crippen LogP contribution in [0.1, 0.15) is 32.6 Å². The van der Waals surface area contributed by atoms with E-state index >= 15 is 0 Å². The van der Waals surface area contributed by atoms with Gasteiger partial charge in [0.25, 0.3) is 0 Å². The van der Waals surface area contributed by atoms with Crippen LogP contribution in [0.3, 0.4) is 0 Å². The van der Waals surface area contributed by atoms with Gasteiger partial charge >= 0.3 is 5.97 Å². The first kappa shape index (κ1) is 17.3. The molecule has 0 aromatic carbocycles. The summed E-state index contributed by atoms with van der Waals surface area (Å²) >= 11 is 1.58. The minimum absolute atomic E-state index is 0.248. The molecule has 1 fully saturated rings. The second-order valence-corrected chi connectivity index (χ2v) is 6.29. The van der Waals surface area contributed by atoms with Crippen molar-refractivity contribution in [1.29, 1.82) is 0 Å². The van der Waals surface area contributed by atoms with Crippen molar-refractivity contribution in [3.05, 3.63) is 24.8 Å². The van der Waals surface area contributed by atoms with E-state index in [1.54, 1.807) is 17.8 Å². The average Bonchev–Trinajstić information content (AvgIpc) is 2.82. The fraction of sp³-hybridized carbons (Fsp3) is 0.667. The Bertz CT molecular complexity index is 348. The number of hydrogen-bond acceptors (Lipinski definition) is 5. The lowest BCUT2D eigenvalue weighted by atomic mass is 10.1. The summed E-state index contributed by atoms with van der Waals surface area (Å²) in [5, 5.41) is 9.72. The van der Waals surface area contributed by atoms with E-state index in [-0.39, 0.29) is 12.2 Å². The van der Waals surface area contributed by atoms with Crippen molar-refractivity contribution in [3.8, 4) is 0 Å². The Morgan fingerprint density at radius 1 is 1.50 bits per heavy atom. The quantitative estimate of drug-likeness (QED) is 0.307. The summed E-state index contributed by atoms with van der Waals surface area (Å²) in [6.07, 6.45) is 4.62. The van der Waals surface area contributed by atoms with Gasteiger partial charge in [-0.2, -0.15) is 11.8 Å². The molecule has 1 rings (SSSR count). The lowest BCUT2D eigenvalue weighted by Gasteiger charge is -2.24. The molecule has 5 heteroatoms. The lowest BCUT2D eigenvalue weighted by molar-refractivity contribution is -0.171. The molecule has 0 spiro atoms. The summed E-state index contributed by atoms with van der Waals surface area (Å²) in [5.74, 6) is 0.923. The highest BCUT2D eigenvalue weighted by Gasteiger charge is 2.32. The molecule has 1 atom stereocenters. The van der Waals surface area contributed by atoms with E-state index < -0.39 is 12.3 Å². The molecule has 0 radical (unpaired) electrons. The first-order valence-electron chi connectivity index (χ1n) is 6.85. The van der Waals surface area contributed by atoms with E-state index in [0.29, 0.717) is 11.3 Å². The maximum absolute atomic E-state index is 11.7. The van der Waals surface area contributed by atoms with Crippen molar-refractivity contribution in [2.45, 2.75) is 44.5 Å². The molecule has 1 aliphatic rings. The average molecular weight is 300 g/mol. The smallest absolute Gasteiger partial charge is 0.332 e. The van der Waals surface area contributed by atoms with Gasteiger partial charge in [0.05, 0.1) is 0 Å². The zero-order chi connectivity index (χ0) is 15.0. The number of hydrogen-bond donors (Lipinski definition) is 1. The largest absolute Gasteiger partial charge is 0.458 e. The molecule has 0 aliphatic heterocycles. The Morgan fingerprint density at radius 2 is 2.15 bits per heavy atom. The lowest BCUT2D eigenvalue weighted by Crippen LogP contribution is -2.31. The van der Waals surface area contributed by atoms with Crippen molar-refractivity contribution in [3.63, 3.8) is 0 Å². The minimum atomic E-state index is -1.13. The fourth-order valence-electron chi connectivity index (χ4n) is 2.14. The number of carbonyl (C=O) groups is 1. The number of esters is 1. The van der Waals surface area contributed by atoms with Crippen molar-refractivity contribution < 1.29 is 19.4 Å². The Kier molecular flexibility index (Phi) is 7.34. The minimum Gasteiger partial charge on any atom is -0.458 e. The van der Waals surface area contributed by atoms with E-state index in [9.17, 15) is 9.90 Å². The first-order chi connectivity index (χ1) is 9.47. The summed E-state index contributed by atoms with van der Waals surface area (Å²) in [4.78, 5) is 11.7. The monoisotopic (exact) mass is 300 g/mol. The van der Waals surface area contributed by atoms with Gasteiger partial charge in [-0.15, -0.1) is 6.58 Å². The van der Waals surface area contributed by atoms with Crippen LogP contribution in [0.2, 0.25) is 0 Å². The predicted octanol–water partition coefficient (Wildman–Crippen LogP) is 2.67. The van der Waals surface area contributed by atoms with Crippen molar-refractivity contribution in [2.75, 3.05) is 18.1 Å². The van der Waals surface area contributed by atoms with Gasteiger partial charge in [-0.3, -0.25) is 0 Å². The molecule has 1 unspecified atom stereocenters. The molecule has 0 aromatic heterocycles. The molecular weight excluding hydrogens is 276 g/mol. The number of aliphatic hydroxyl groups is 1. The van der Waals surface area contributed by atoms with Gasteiger partial charge in [-0.05, 0) is 38.2 Å². The maximum Gasteiger partial charge on any atom is 0.332 e. The second-order valence-electron chi connectivity index (χ2n) is 5.26. The molecule has 1 N–H and O–H groups in total. The second kappa shape index (κ2) is 8.49. The molecular formula is C15H24O4S. The maximum atomic E-state index is 11.7. The van der Waals surface area contributed by atoms with Gasteiger partial charge in [0.15, 0.2) is 6.29 Å². The SMILES string of the molecule is C=CCSCC(=C)C(O)OCC(=O)OC1(C)CCCC1. The van der Waals surface area contributed by atoms with Gasteiger partial charge in [0.1, 0.15) is 12.2 Å². The molecule has 4 nitrogen and oxygen atoms in total. The number of aliphatic hydroxyl groups excluding tert-OH is 1. The topological polar surface area (TPSA) is 55.8 Å². The highest BCUT2D eigenvalue weighted by molar-refractivity contribution is 7.99. The molecule has 1 saturated carbocycles. The third kappa shape index (κ3) is 6.11. The van der Waals surface area contributed by atoms with Crippen LogP contribution in [-0.4, -0.2) is 41.1 Å². The third-order valence-electron chi connectivity index (χ3n) is 3.25. The van der Waals surface area contributed by atoms with Crippen LogP contribution in [0, 0.1) is 0 Å². The Balaban J connectivity index is 2.22. The highest BCUT2D eigenvalue weighted by Crippen LogP contribution is 2.32. The van der Waals surface area contributed by atoms with E-state index in [1.165, 1.54) is 0 Å². The molecule has 1 aliphatic carbocycles. The molecule has 0 amide bonds. The van der Waals surface area contributed by atoms with Crippen molar-refractivity contribution in [1.82, 2.24) is 0 Å². The molecule has 0 bridgehead atoms. The Hall–Kier alpha value is -0.780. The van der Waals surface area contributed by atoms with Crippen molar-refractivity contribution in [2.24, 2.45) is 0 Å². The van der Waals surface area contributed by atoms with Crippen LogP contribution in [0.4, 0.5) is 0 Å². The number of rotatable bonds is 9. The normalized spacial score (nSPS) is 18.5. The third-order valence-corrected chi connectivity index (χ3v) is 4.30. The van der Waals surface area contributed by atoms with Crippen LogP contribution in [0.5, 0.6) is 0 Å². The first-order valence-corrected chi connectivity index (χ1v) is 8.00. The zero-order valence-electron chi connectivity index (χ0n) is 12.1. The van der Waals surface area contributed by atoms with Crippen LogP contribution < -0.4 is 0 Å². The highest BCUT2D eigenvalue weighted by atomic mass is 32.2. The summed E-state index contributed by atoms with van der Waals surface area (Å²) in [6, 6.07) is 0. The summed E-state index contributed by atoms with van der Waals surface area (Å²) in [5.41, 5.74) is 0.180. The van der Waals surface area contributed by atoms with E-state index in [0.717, 1.165) is 31.4 Å². The van der Waals surface area contributed by atoms with Gasteiger partial charge in [0.2, 0.25) is 0 Å². The number of carbonyl (C=O) groups excluding carboxylic acids is 1. The molecule has 114 valence electrons. The fourth-order valence-corrected chi connectivity index (χ4v) is 2.83. The summed E-state index contributed by atoms with van der Waals surface area (Å²) < 4.78 is 10.5. The predicted molar refractivity (Wildman–Crippen MR) is 81.6 cm³/mol.